The van der Waals surface area contributed by atoms with Gasteiger partial charge in [-0.15, -0.1) is 0 Å². The number of carbonyl (C=O) groups is 2. The van der Waals surface area contributed by atoms with Gasteiger partial charge in [0.1, 0.15) is 0 Å². The van der Waals surface area contributed by atoms with Crippen LogP contribution in [0.15, 0.2) is 36.4 Å². The summed E-state index contributed by atoms with van der Waals surface area (Å²) in [6.07, 6.45) is 1.88. The van der Waals surface area contributed by atoms with Gasteiger partial charge >= 0.3 is 0 Å². The fraction of sp³-hybridized carbons (Fsp3) is 0.364. The molecule has 3 rings (SSSR count). The summed E-state index contributed by atoms with van der Waals surface area (Å²) in [6, 6.07) is 10.3. The number of anilines is 1. The Bertz CT molecular complexity index is 885. The van der Waals surface area contributed by atoms with Crippen LogP contribution in [0.1, 0.15) is 44.7 Å². The predicted octanol–water partition coefficient (Wildman–Crippen LogP) is 2.45. The first-order chi connectivity index (χ1) is 14.1. The molecule has 2 aromatic carbocycles. The van der Waals surface area contributed by atoms with Crippen LogP contribution < -0.4 is 21.7 Å². The monoisotopic (exact) mass is 414 g/mol. The van der Waals surface area contributed by atoms with E-state index in [2.05, 4.69) is 16.0 Å². The average molecular weight is 415 g/mol. The molecular weight excluding hydrogens is 388 g/mol. The largest absolute Gasteiger partial charge is 0.384 e. The highest BCUT2D eigenvalue weighted by molar-refractivity contribution is 6.39. The van der Waals surface area contributed by atoms with Crippen LogP contribution in [0.4, 0.5) is 5.69 Å². The zero-order chi connectivity index (χ0) is 20.6. The number of halogens is 1. The summed E-state index contributed by atoms with van der Waals surface area (Å²) in [4.78, 5) is 25.9. The van der Waals surface area contributed by atoms with Crippen LogP contribution in [-0.2, 0) is 0 Å². The van der Waals surface area contributed by atoms with Gasteiger partial charge in [0.2, 0.25) is 0 Å². The van der Waals surface area contributed by atoms with E-state index in [0.29, 0.717) is 46.1 Å². The maximum Gasteiger partial charge on any atom is 0.198 e. The van der Waals surface area contributed by atoms with Gasteiger partial charge in [-0.3, -0.25) is 9.59 Å². The highest BCUT2D eigenvalue weighted by Crippen LogP contribution is 2.35. The molecule has 0 saturated heterocycles. The quantitative estimate of drug-likeness (QED) is 0.360. The molecule has 0 unspecified atom stereocenters. The molecule has 0 aliphatic heterocycles. The molecule has 0 atom stereocenters. The molecule has 0 heterocycles. The van der Waals surface area contributed by atoms with Crippen molar-refractivity contribution in [1.29, 1.82) is 0 Å². The molecular formula is C22H27ClN4O2. The van der Waals surface area contributed by atoms with Crippen LogP contribution in [0.3, 0.4) is 0 Å². The summed E-state index contributed by atoms with van der Waals surface area (Å²) in [7, 11) is 0. The Morgan fingerprint density at radius 3 is 2.14 bits per heavy atom. The van der Waals surface area contributed by atoms with Crippen LogP contribution in [0.2, 0.25) is 5.02 Å². The SMILES string of the molecule is NCCCNCCNCCCNc1cccc2c1C(=O)c1c(Cl)cccc1C2=O. The minimum atomic E-state index is -0.204. The zero-order valence-corrected chi connectivity index (χ0v) is 17.1. The Kier molecular flexibility index (Phi) is 7.77. The highest BCUT2D eigenvalue weighted by Gasteiger charge is 2.33. The van der Waals surface area contributed by atoms with E-state index < -0.39 is 0 Å². The number of fused-ring (bicyclic) bond motifs is 2. The Morgan fingerprint density at radius 1 is 0.759 bits per heavy atom. The summed E-state index contributed by atoms with van der Waals surface area (Å²) in [6.45, 7) is 5.02. The minimum Gasteiger partial charge on any atom is -0.384 e. The van der Waals surface area contributed by atoms with Crippen molar-refractivity contribution in [2.75, 3.05) is 44.6 Å². The van der Waals surface area contributed by atoms with Gasteiger partial charge < -0.3 is 21.7 Å². The van der Waals surface area contributed by atoms with Crippen molar-refractivity contribution < 1.29 is 9.59 Å². The van der Waals surface area contributed by atoms with E-state index in [1.807, 2.05) is 6.07 Å². The summed E-state index contributed by atoms with van der Waals surface area (Å²) >= 11 is 6.22. The fourth-order valence-corrected chi connectivity index (χ4v) is 3.70. The number of nitrogens with two attached hydrogens (primary N) is 1. The van der Waals surface area contributed by atoms with E-state index in [0.717, 1.165) is 39.0 Å². The number of benzene rings is 2. The topological polar surface area (TPSA) is 96.2 Å². The van der Waals surface area contributed by atoms with Gasteiger partial charge in [0.15, 0.2) is 11.6 Å². The van der Waals surface area contributed by atoms with E-state index in [1.165, 1.54) is 0 Å². The second kappa shape index (κ2) is 10.5. The molecule has 1 aliphatic carbocycles. The molecule has 0 aromatic heterocycles. The maximum absolute atomic E-state index is 13.1. The lowest BCUT2D eigenvalue weighted by Gasteiger charge is -2.21. The Morgan fingerprint density at radius 2 is 1.41 bits per heavy atom. The third-order valence-corrected chi connectivity index (χ3v) is 5.22. The van der Waals surface area contributed by atoms with Crippen molar-refractivity contribution in [2.45, 2.75) is 12.8 Å². The lowest BCUT2D eigenvalue weighted by molar-refractivity contribution is 0.0979. The lowest BCUT2D eigenvalue weighted by atomic mass is 9.83. The van der Waals surface area contributed by atoms with Crippen molar-refractivity contribution in [3.05, 3.63) is 63.7 Å². The first-order valence-corrected chi connectivity index (χ1v) is 10.4. The van der Waals surface area contributed by atoms with Crippen molar-refractivity contribution in [3.8, 4) is 0 Å². The highest BCUT2D eigenvalue weighted by atomic mass is 35.5. The van der Waals surface area contributed by atoms with E-state index >= 15 is 0 Å². The molecule has 6 nitrogen and oxygen atoms in total. The van der Waals surface area contributed by atoms with Crippen LogP contribution in [0.25, 0.3) is 0 Å². The van der Waals surface area contributed by atoms with Crippen molar-refractivity contribution in [1.82, 2.24) is 10.6 Å². The van der Waals surface area contributed by atoms with Gasteiger partial charge in [-0.05, 0) is 44.6 Å². The molecule has 29 heavy (non-hydrogen) atoms. The summed E-state index contributed by atoms with van der Waals surface area (Å²) < 4.78 is 0. The first-order valence-electron chi connectivity index (χ1n) is 10.0. The maximum atomic E-state index is 13.1. The van der Waals surface area contributed by atoms with Gasteiger partial charge in [0.05, 0.1) is 16.1 Å². The van der Waals surface area contributed by atoms with Crippen LogP contribution in [0.5, 0.6) is 0 Å². The average Bonchev–Trinajstić information content (AvgIpc) is 2.73. The molecule has 1 aliphatic rings. The predicted molar refractivity (Wildman–Crippen MR) is 117 cm³/mol. The van der Waals surface area contributed by atoms with Crippen LogP contribution >= 0.6 is 11.6 Å². The van der Waals surface area contributed by atoms with Crippen LogP contribution in [0, 0.1) is 0 Å². The number of nitrogens with one attached hydrogen (secondary N) is 3. The second-order valence-corrected chi connectivity index (χ2v) is 7.38. The number of carbonyl (C=O) groups excluding carboxylic acids is 2. The molecule has 5 N–H and O–H groups in total. The number of rotatable bonds is 11. The molecule has 7 heteroatoms. The molecule has 0 bridgehead atoms. The number of hydrogen-bond donors (Lipinski definition) is 4. The van der Waals surface area contributed by atoms with Crippen molar-refractivity contribution in [3.63, 3.8) is 0 Å². The third-order valence-electron chi connectivity index (χ3n) is 4.90. The van der Waals surface area contributed by atoms with Crippen molar-refractivity contribution in [2.24, 2.45) is 5.73 Å². The first kappa shape index (κ1) is 21.5. The van der Waals surface area contributed by atoms with Crippen LogP contribution in [-0.4, -0.2) is 50.8 Å². The summed E-state index contributed by atoms with van der Waals surface area (Å²) in [5.41, 5.74) is 7.64. The Balaban J connectivity index is 1.56. The summed E-state index contributed by atoms with van der Waals surface area (Å²) in [5, 5.41) is 10.3. The van der Waals surface area contributed by atoms with E-state index in [1.54, 1.807) is 30.3 Å². The van der Waals surface area contributed by atoms with Gasteiger partial charge in [0, 0.05) is 36.4 Å². The lowest BCUT2D eigenvalue weighted by Crippen LogP contribution is -2.30. The molecule has 154 valence electrons. The van der Waals surface area contributed by atoms with E-state index in [-0.39, 0.29) is 11.6 Å². The summed E-state index contributed by atoms with van der Waals surface area (Å²) in [5.74, 6) is -0.366. The van der Waals surface area contributed by atoms with Gasteiger partial charge in [-0.1, -0.05) is 35.9 Å². The molecule has 0 spiro atoms. The zero-order valence-electron chi connectivity index (χ0n) is 16.4. The minimum absolute atomic E-state index is 0.162. The van der Waals surface area contributed by atoms with Gasteiger partial charge in [-0.2, -0.15) is 0 Å². The van der Waals surface area contributed by atoms with Crippen molar-refractivity contribution >= 4 is 28.9 Å². The number of hydrogen-bond acceptors (Lipinski definition) is 6. The Hall–Kier alpha value is -2.25. The number of ketones is 2. The van der Waals surface area contributed by atoms with E-state index in [4.69, 9.17) is 17.3 Å². The molecule has 0 fully saturated rings. The molecule has 2 aromatic rings. The second-order valence-electron chi connectivity index (χ2n) is 6.97. The van der Waals surface area contributed by atoms with Gasteiger partial charge in [0.25, 0.3) is 0 Å². The standard InChI is InChI=1S/C22H27ClN4O2/c23-17-7-1-5-15-19(17)22(29)20-16(21(15)28)6-2-8-18(20)27-12-4-11-26-14-13-25-10-3-9-24/h1-2,5-8,25-27H,3-4,9-14,24H2. The van der Waals surface area contributed by atoms with Gasteiger partial charge in [-0.25, -0.2) is 0 Å². The molecule has 0 amide bonds. The fourth-order valence-electron chi connectivity index (χ4n) is 3.44. The third kappa shape index (κ3) is 5.03. The van der Waals surface area contributed by atoms with E-state index in [9.17, 15) is 9.59 Å². The Labute approximate surface area is 176 Å². The normalized spacial score (nSPS) is 12.6. The smallest absolute Gasteiger partial charge is 0.198 e. The molecule has 0 radical (unpaired) electrons. The molecule has 0 saturated carbocycles.